The summed E-state index contributed by atoms with van der Waals surface area (Å²) in [5.74, 6) is 0.720. The van der Waals surface area contributed by atoms with Crippen molar-refractivity contribution in [1.82, 2.24) is 5.32 Å². The minimum Gasteiger partial charge on any atom is -0.380 e. The van der Waals surface area contributed by atoms with Gasteiger partial charge in [-0.2, -0.15) is 0 Å². The van der Waals surface area contributed by atoms with E-state index in [2.05, 4.69) is 19.2 Å². The van der Waals surface area contributed by atoms with E-state index in [4.69, 9.17) is 4.74 Å². The third kappa shape index (κ3) is 7.77. The number of rotatable bonds is 8. The molecular weight excluding hydrogens is 210 g/mol. The fourth-order valence-electron chi connectivity index (χ4n) is 2.68. The maximum atomic E-state index is 5.71. The van der Waals surface area contributed by atoms with Gasteiger partial charge in [-0.05, 0) is 25.2 Å². The number of ether oxygens (including phenoxy) is 1. The van der Waals surface area contributed by atoms with Gasteiger partial charge < -0.3 is 10.1 Å². The molecule has 1 saturated carbocycles. The first-order valence-corrected chi connectivity index (χ1v) is 7.64. The lowest BCUT2D eigenvalue weighted by molar-refractivity contribution is 0.101. The summed E-state index contributed by atoms with van der Waals surface area (Å²) in [7, 11) is 0. The molecule has 1 fully saturated rings. The zero-order chi connectivity index (χ0) is 12.3. The van der Waals surface area contributed by atoms with Crippen LogP contribution in [0.1, 0.15) is 65.2 Å². The molecule has 1 aliphatic rings. The van der Waals surface area contributed by atoms with Crippen molar-refractivity contribution in [3.8, 4) is 0 Å². The maximum Gasteiger partial charge on any atom is 0.0591 e. The largest absolute Gasteiger partial charge is 0.380 e. The average Bonchev–Trinajstić information content (AvgIpc) is 2.57. The second kappa shape index (κ2) is 9.90. The topological polar surface area (TPSA) is 21.3 Å². The van der Waals surface area contributed by atoms with Gasteiger partial charge in [0.15, 0.2) is 0 Å². The minimum atomic E-state index is 0.720. The normalized spacial score (nSPS) is 20.1. The van der Waals surface area contributed by atoms with Crippen LogP contribution in [0.25, 0.3) is 0 Å². The van der Waals surface area contributed by atoms with Crippen molar-refractivity contribution < 1.29 is 4.74 Å². The van der Waals surface area contributed by atoms with Gasteiger partial charge >= 0.3 is 0 Å². The molecule has 0 spiro atoms. The summed E-state index contributed by atoms with van der Waals surface area (Å²) in [6.45, 7) is 7.36. The van der Waals surface area contributed by atoms with E-state index in [1.54, 1.807) is 0 Å². The summed E-state index contributed by atoms with van der Waals surface area (Å²) in [6, 6.07) is 0.758. The van der Waals surface area contributed by atoms with Gasteiger partial charge in [0.05, 0.1) is 6.61 Å². The van der Waals surface area contributed by atoms with E-state index in [1.165, 1.54) is 51.4 Å². The van der Waals surface area contributed by atoms with Gasteiger partial charge in [-0.3, -0.25) is 0 Å². The molecule has 0 saturated heterocycles. The molecule has 0 radical (unpaired) electrons. The van der Waals surface area contributed by atoms with Crippen LogP contribution in [0.15, 0.2) is 0 Å². The zero-order valence-corrected chi connectivity index (χ0v) is 11.8. The summed E-state index contributed by atoms with van der Waals surface area (Å²) in [5, 5.41) is 3.64. The van der Waals surface area contributed by atoms with Crippen LogP contribution in [0, 0.1) is 5.92 Å². The highest BCUT2D eigenvalue weighted by molar-refractivity contribution is 4.70. The van der Waals surface area contributed by atoms with Crippen LogP contribution < -0.4 is 5.32 Å². The second-order valence-electron chi connectivity index (χ2n) is 5.61. The van der Waals surface area contributed by atoms with Crippen LogP contribution in [0.5, 0.6) is 0 Å². The van der Waals surface area contributed by atoms with Crippen molar-refractivity contribution in [3.63, 3.8) is 0 Å². The smallest absolute Gasteiger partial charge is 0.0591 e. The molecule has 0 bridgehead atoms. The Morgan fingerprint density at radius 3 is 2.53 bits per heavy atom. The first kappa shape index (κ1) is 15.0. The van der Waals surface area contributed by atoms with Gasteiger partial charge in [0, 0.05) is 19.2 Å². The lowest BCUT2D eigenvalue weighted by Crippen LogP contribution is -2.31. The Balaban J connectivity index is 1.92. The molecule has 1 N–H and O–H groups in total. The number of nitrogens with one attached hydrogen (secondary N) is 1. The van der Waals surface area contributed by atoms with Crippen LogP contribution in [0.4, 0.5) is 0 Å². The third-order valence-electron chi connectivity index (χ3n) is 3.72. The van der Waals surface area contributed by atoms with Crippen molar-refractivity contribution in [2.24, 2.45) is 5.92 Å². The Kier molecular flexibility index (Phi) is 8.72. The first-order valence-electron chi connectivity index (χ1n) is 7.64. The van der Waals surface area contributed by atoms with Gasteiger partial charge in [-0.25, -0.2) is 0 Å². The summed E-state index contributed by atoms with van der Waals surface area (Å²) < 4.78 is 5.71. The highest BCUT2D eigenvalue weighted by Gasteiger charge is 2.10. The SMILES string of the molecule is CCCC(C)COCCNC1CCCCCC1. The summed E-state index contributed by atoms with van der Waals surface area (Å²) >= 11 is 0. The van der Waals surface area contributed by atoms with Crippen LogP contribution in [0.3, 0.4) is 0 Å². The molecule has 0 aromatic carbocycles. The molecule has 0 aromatic rings. The summed E-state index contributed by atoms with van der Waals surface area (Å²) in [4.78, 5) is 0. The Morgan fingerprint density at radius 1 is 1.18 bits per heavy atom. The molecule has 0 amide bonds. The van der Waals surface area contributed by atoms with Gasteiger partial charge in [-0.1, -0.05) is 46.0 Å². The lowest BCUT2D eigenvalue weighted by atomic mass is 10.1. The van der Waals surface area contributed by atoms with Gasteiger partial charge in [-0.15, -0.1) is 0 Å². The molecule has 0 aromatic heterocycles. The summed E-state index contributed by atoms with van der Waals surface area (Å²) in [5.41, 5.74) is 0. The first-order chi connectivity index (χ1) is 8.33. The third-order valence-corrected chi connectivity index (χ3v) is 3.72. The molecule has 1 atom stereocenters. The molecule has 0 heterocycles. The molecule has 0 aliphatic heterocycles. The van der Waals surface area contributed by atoms with Gasteiger partial charge in [0.2, 0.25) is 0 Å². The van der Waals surface area contributed by atoms with E-state index < -0.39 is 0 Å². The zero-order valence-electron chi connectivity index (χ0n) is 11.8. The van der Waals surface area contributed by atoms with Crippen molar-refractivity contribution in [3.05, 3.63) is 0 Å². The van der Waals surface area contributed by atoms with Crippen molar-refractivity contribution >= 4 is 0 Å². The van der Waals surface area contributed by atoms with Crippen molar-refractivity contribution in [2.75, 3.05) is 19.8 Å². The Hall–Kier alpha value is -0.0800. The minimum absolute atomic E-state index is 0.720. The van der Waals surface area contributed by atoms with E-state index >= 15 is 0 Å². The standard InChI is InChI=1S/C15H31NO/c1-3-8-14(2)13-17-12-11-16-15-9-6-4-5-7-10-15/h14-16H,3-13H2,1-2H3. The molecule has 1 unspecified atom stereocenters. The Labute approximate surface area is 108 Å². The summed E-state index contributed by atoms with van der Waals surface area (Å²) in [6.07, 6.45) is 11.0. The fraction of sp³-hybridized carbons (Fsp3) is 1.00. The molecule has 1 rings (SSSR count). The van der Waals surface area contributed by atoms with Crippen molar-refractivity contribution in [2.45, 2.75) is 71.3 Å². The van der Waals surface area contributed by atoms with E-state index in [1.807, 2.05) is 0 Å². The quantitative estimate of drug-likeness (QED) is 0.516. The predicted octanol–water partition coefficient (Wildman–Crippen LogP) is 3.75. The van der Waals surface area contributed by atoms with Crippen LogP contribution in [-0.2, 0) is 4.74 Å². The predicted molar refractivity (Wildman–Crippen MR) is 74.4 cm³/mol. The highest BCUT2D eigenvalue weighted by Crippen LogP contribution is 2.16. The van der Waals surface area contributed by atoms with Crippen LogP contribution in [0.2, 0.25) is 0 Å². The molecule has 2 nitrogen and oxygen atoms in total. The van der Waals surface area contributed by atoms with E-state index in [0.29, 0.717) is 0 Å². The molecular formula is C15H31NO. The fourth-order valence-corrected chi connectivity index (χ4v) is 2.68. The van der Waals surface area contributed by atoms with Crippen LogP contribution in [-0.4, -0.2) is 25.8 Å². The average molecular weight is 241 g/mol. The van der Waals surface area contributed by atoms with E-state index in [9.17, 15) is 0 Å². The highest BCUT2D eigenvalue weighted by atomic mass is 16.5. The van der Waals surface area contributed by atoms with Gasteiger partial charge in [0.1, 0.15) is 0 Å². The van der Waals surface area contributed by atoms with Gasteiger partial charge in [0.25, 0.3) is 0 Å². The molecule has 1 aliphatic carbocycles. The molecule has 102 valence electrons. The maximum absolute atomic E-state index is 5.71. The lowest BCUT2D eigenvalue weighted by Gasteiger charge is -2.17. The molecule has 2 heteroatoms. The molecule has 17 heavy (non-hydrogen) atoms. The Bertz CT molecular complexity index is 164. The number of hydrogen-bond donors (Lipinski definition) is 1. The monoisotopic (exact) mass is 241 g/mol. The Morgan fingerprint density at radius 2 is 1.88 bits per heavy atom. The van der Waals surface area contributed by atoms with E-state index in [-0.39, 0.29) is 0 Å². The van der Waals surface area contributed by atoms with E-state index in [0.717, 1.165) is 31.7 Å². The van der Waals surface area contributed by atoms with Crippen LogP contribution >= 0.6 is 0 Å². The van der Waals surface area contributed by atoms with Crippen molar-refractivity contribution in [1.29, 1.82) is 0 Å². The number of hydrogen-bond acceptors (Lipinski definition) is 2. The second-order valence-corrected chi connectivity index (χ2v) is 5.61.